The number of hydrogen-bond donors (Lipinski definition) is 2. The Labute approximate surface area is 142 Å². The molecular weight excluding hydrogens is 347 g/mol. The molecule has 7 heteroatoms. The van der Waals surface area contributed by atoms with Crippen molar-refractivity contribution in [1.29, 1.82) is 0 Å². The van der Waals surface area contributed by atoms with Crippen LogP contribution in [0.1, 0.15) is 22.8 Å². The maximum absolute atomic E-state index is 12.0. The second-order valence-corrected chi connectivity index (χ2v) is 5.71. The monoisotopic (exact) mass is 356 g/mol. The van der Waals surface area contributed by atoms with Crippen LogP contribution in [0.15, 0.2) is 41.5 Å². The van der Waals surface area contributed by atoms with Crippen LogP contribution in [-0.4, -0.2) is 16.7 Å². The molecule has 2 aromatic carbocycles. The van der Waals surface area contributed by atoms with Gasteiger partial charge in [-0.05, 0) is 37.3 Å². The van der Waals surface area contributed by atoms with E-state index in [4.69, 9.17) is 34.8 Å². The number of phenols is 1. The SMILES string of the molecule is C/C(=N\NC(=O)c1cccc(Cl)c1)c1cc(Cl)cc(Cl)c1O. The number of amides is 1. The van der Waals surface area contributed by atoms with Crippen molar-refractivity contribution in [3.63, 3.8) is 0 Å². The van der Waals surface area contributed by atoms with Gasteiger partial charge in [0.2, 0.25) is 0 Å². The zero-order chi connectivity index (χ0) is 16.3. The topological polar surface area (TPSA) is 61.7 Å². The van der Waals surface area contributed by atoms with Gasteiger partial charge < -0.3 is 5.11 Å². The number of rotatable bonds is 3. The number of nitrogens with zero attached hydrogens (tertiary/aromatic N) is 1. The summed E-state index contributed by atoms with van der Waals surface area (Å²) in [6, 6.07) is 9.39. The van der Waals surface area contributed by atoms with Gasteiger partial charge in [-0.1, -0.05) is 40.9 Å². The Kier molecular flexibility index (Phi) is 5.29. The molecule has 0 aliphatic heterocycles. The van der Waals surface area contributed by atoms with Crippen molar-refractivity contribution in [3.8, 4) is 5.75 Å². The predicted molar refractivity (Wildman–Crippen MR) is 89.3 cm³/mol. The van der Waals surface area contributed by atoms with Crippen LogP contribution < -0.4 is 5.43 Å². The van der Waals surface area contributed by atoms with Gasteiger partial charge in [-0.15, -0.1) is 0 Å². The maximum Gasteiger partial charge on any atom is 0.271 e. The molecule has 22 heavy (non-hydrogen) atoms. The molecule has 0 aromatic heterocycles. The summed E-state index contributed by atoms with van der Waals surface area (Å²) in [5.41, 5.74) is 3.45. The van der Waals surface area contributed by atoms with Crippen LogP contribution in [0.4, 0.5) is 0 Å². The molecular formula is C15H11Cl3N2O2. The van der Waals surface area contributed by atoms with E-state index >= 15 is 0 Å². The van der Waals surface area contributed by atoms with Crippen molar-refractivity contribution in [1.82, 2.24) is 5.43 Å². The highest BCUT2D eigenvalue weighted by atomic mass is 35.5. The summed E-state index contributed by atoms with van der Waals surface area (Å²) in [6.07, 6.45) is 0. The standard InChI is InChI=1S/C15H11Cl3N2O2/c1-8(12-6-11(17)7-13(18)14(12)21)19-20-15(22)9-3-2-4-10(16)5-9/h2-7,21H,1H3,(H,20,22)/b19-8+. The Bertz CT molecular complexity index is 760. The lowest BCUT2D eigenvalue weighted by Gasteiger charge is -2.07. The van der Waals surface area contributed by atoms with Crippen LogP contribution in [0.5, 0.6) is 5.75 Å². The summed E-state index contributed by atoms with van der Waals surface area (Å²) in [4.78, 5) is 12.0. The lowest BCUT2D eigenvalue weighted by atomic mass is 10.1. The molecule has 1 amide bonds. The number of hydrazone groups is 1. The molecule has 2 N–H and O–H groups in total. The lowest BCUT2D eigenvalue weighted by Crippen LogP contribution is -2.19. The van der Waals surface area contributed by atoms with Gasteiger partial charge >= 0.3 is 0 Å². The molecule has 0 unspecified atom stereocenters. The smallest absolute Gasteiger partial charge is 0.271 e. The zero-order valence-corrected chi connectivity index (χ0v) is 13.7. The molecule has 0 saturated heterocycles. The van der Waals surface area contributed by atoms with Crippen molar-refractivity contribution in [2.75, 3.05) is 0 Å². The van der Waals surface area contributed by atoms with Gasteiger partial charge in [0.05, 0.1) is 10.7 Å². The number of carbonyl (C=O) groups excluding carboxylic acids is 1. The van der Waals surface area contributed by atoms with Crippen LogP contribution in [0, 0.1) is 0 Å². The minimum Gasteiger partial charge on any atom is -0.506 e. The minimum absolute atomic E-state index is 0.109. The van der Waals surface area contributed by atoms with Gasteiger partial charge in [0.25, 0.3) is 5.91 Å². The first kappa shape index (κ1) is 16.6. The highest BCUT2D eigenvalue weighted by Crippen LogP contribution is 2.31. The van der Waals surface area contributed by atoms with E-state index in [2.05, 4.69) is 10.5 Å². The summed E-state index contributed by atoms with van der Waals surface area (Å²) >= 11 is 17.6. The normalized spacial score (nSPS) is 11.4. The van der Waals surface area contributed by atoms with Gasteiger partial charge in [0.1, 0.15) is 5.75 Å². The van der Waals surface area contributed by atoms with Crippen molar-refractivity contribution >= 4 is 46.4 Å². The Hall–Kier alpha value is -1.75. The minimum atomic E-state index is -0.422. The highest BCUT2D eigenvalue weighted by molar-refractivity contribution is 6.36. The predicted octanol–water partition coefficient (Wildman–Crippen LogP) is 4.51. The first-order valence-corrected chi connectivity index (χ1v) is 7.30. The highest BCUT2D eigenvalue weighted by Gasteiger charge is 2.11. The van der Waals surface area contributed by atoms with E-state index < -0.39 is 5.91 Å². The number of hydrogen-bond acceptors (Lipinski definition) is 3. The third-order valence-electron chi connectivity index (χ3n) is 2.83. The van der Waals surface area contributed by atoms with Gasteiger partial charge in [0, 0.05) is 21.2 Å². The molecule has 0 radical (unpaired) electrons. The largest absolute Gasteiger partial charge is 0.506 e. The van der Waals surface area contributed by atoms with Crippen LogP contribution in [0.2, 0.25) is 15.1 Å². The third-order valence-corrected chi connectivity index (χ3v) is 3.57. The summed E-state index contributed by atoms with van der Waals surface area (Å²) in [5.74, 6) is -0.571. The molecule has 0 saturated carbocycles. The molecule has 114 valence electrons. The van der Waals surface area contributed by atoms with Crippen molar-refractivity contribution < 1.29 is 9.90 Å². The van der Waals surface area contributed by atoms with Gasteiger partial charge in [-0.3, -0.25) is 4.79 Å². The average molecular weight is 358 g/mol. The van der Waals surface area contributed by atoms with Gasteiger partial charge in [0.15, 0.2) is 0 Å². The number of benzene rings is 2. The average Bonchev–Trinajstić information content (AvgIpc) is 2.48. The van der Waals surface area contributed by atoms with Crippen LogP contribution in [0.25, 0.3) is 0 Å². The van der Waals surface area contributed by atoms with E-state index in [1.54, 1.807) is 25.1 Å². The fourth-order valence-electron chi connectivity index (χ4n) is 1.73. The first-order valence-electron chi connectivity index (χ1n) is 6.17. The van der Waals surface area contributed by atoms with Gasteiger partial charge in [-0.25, -0.2) is 5.43 Å². The number of nitrogens with one attached hydrogen (secondary N) is 1. The summed E-state index contributed by atoms with van der Waals surface area (Å²) in [5, 5.41) is 14.8. The van der Waals surface area contributed by atoms with E-state index in [0.29, 0.717) is 26.9 Å². The number of phenolic OH excluding ortho intramolecular Hbond substituents is 1. The molecule has 2 rings (SSSR count). The first-order chi connectivity index (χ1) is 10.4. The van der Waals surface area contributed by atoms with E-state index in [-0.39, 0.29) is 10.8 Å². The number of carbonyl (C=O) groups is 1. The second kappa shape index (κ2) is 7.01. The second-order valence-electron chi connectivity index (χ2n) is 4.43. The van der Waals surface area contributed by atoms with Crippen molar-refractivity contribution in [2.45, 2.75) is 6.92 Å². The molecule has 0 atom stereocenters. The third kappa shape index (κ3) is 3.91. The zero-order valence-electron chi connectivity index (χ0n) is 11.4. The van der Waals surface area contributed by atoms with Crippen LogP contribution in [0.3, 0.4) is 0 Å². The summed E-state index contributed by atoms with van der Waals surface area (Å²) < 4.78 is 0. The Balaban J connectivity index is 2.22. The molecule has 0 fully saturated rings. The van der Waals surface area contributed by atoms with Crippen molar-refractivity contribution in [3.05, 3.63) is 62.6 Å². The number of halogens is 3. The fraction of sp³-hybridized carbons (Fsp3) is 0.0667. The molecule has 2 aromatic rings. The van der Waals surface area contributed by atoms with E-state index in [0.717, 1.165) is 0 Å². The molecule has 0 aliphatic carbocycles. The molecule has 4 nitrogen and oxygen atoms in total. The van der Waals surface area contributed by atoms with E-state index in [9.17, 15) is 9.90 Å². The van der Waals surface area contributed by atoms with Gasteiger partial charge in [-0.2, -0.15) is 5.10 Å². The van der Waals surface area contributed by atoms with Crippen molar-refractivity contribution in [2.24, 2.45) is 5.10 Å². The Morgan fingerprint density at radius 1 is 1.14 bits per heavy atom. The Morgan fingerprint density at radius 2 is 1.86 bits per heavy atom. The van der Waals surface area contributed by atoms with Crippen LogP contribution in [-0.2, 0) is 0 Å². The molecule has 0 aliphatic rings. The van der Waals surface area contributed by atoms with E-state index in [1.807, 2.05) is 0 Å². The molecule has 0 bridgehead atoms. The lowest BCUT2D eigenvalue weighted by molar-refractivity contribution is 0.0955. The summed E-state index contributed by atoms with van der Waals surface area (Å²) in [6.45, 7) is 1.61. The fourth-order valence-corrected chi connectivity index (χ4v) is 2.41. The number of aromatic hydroxyl groups is 1. The maximum atomic E-state index is 12.0. The molecule has 0 spiro atoms. The van der Waals surface area contributed by atoms with Crippen LogP contribution >= 0.6 is 34.8 Å². The molecule has 0 heterocycles. The van der Waals surface area contributed by atoms with E-state index in [1.165, 1.54) is 18.2 Å². The Morgan fingerprint density at radius 3 is 2.55 bits per heavy atom. The summed E-state index contributed by atoms with van der Waals surface area (Å²) in [7, 11) is 0. The quantitative estimate of drug-likeness (QED) is 0.627.